The fourth-order valence-corrected chi connectivity index (χ4v) is 2.72. The number of hydrogen-bond acceptors (Lipinski definition) is 4. The van der Waals surface area contributed by atoms with E-state index in [-0.39, 0.29) is 10.8 Å². The zero-order valence-electron chi connectivity index (χ0n) is 9.32. The summed E-state index contributed by atoms with van der Waals surface area (Å²) in [6.45, 7) is 6.29. The summed E-state index contributed by atoms with van der Waals surface area (Å²) in [4.78, 5) is 1.13. The lowest BCUT2D eigenvalue weighted by molar-refractivity contribution is 0.526. The topological polar surface area (TPSA) is 61.1 Å². The van der Waals surface area contributed by atoms with Crippen molar-refractivity contribution < 1.29 is 4.55 Å². The van der Waals surface area contributed by atoms with Crippen molar-refractivity contribution in [3.8, 4) is 0 Å². The summed E-state index contributed by atoms with van der Waals surface area (Å²) < 4.78 is 14.7. The summed E-state index contributed by atoms with van der Waals surface area (Å²) in [5, 5.41) is 2.00. The minimum atomic E-state index is -1.08. The third kappa shape index (κ3) is 3.77. The Morgan fingerprint density at radius 3 is 2.67 bits per heavy atom. The normalized spacial score (nSPS) is 16.3. The van der Waals surface area contributed by atoms with Gasteiger partial charge in [0.05, 0.1) is 6.04 Å². The Balaban J connectivity index is 2.63. The van der Waals surface area contributed by atoms with E-state index < -0.39 is 11.4 Å². The Labute approximate surface area is 98.4 Å². The van der Waals surface area contributed by atoms with Crippen molar-refractivity contribution in [2.24, 2.45) is 5.73 Å². The van der Waals surface area contributed by atoms with Gasteiger partial charge < -0.3 is 10.3 Å². The first-order valence-electron chi connectivity index (χ1n) is 4.86. The van der Waals surface area contributed by atoms with Gasteiger partial charge in [-0.2, -0.15) is 0 Å². The highest BCUT2D eigenvalue weighted by atomic mass is 32.2. The summed E-state index contributed by atoms with van der Waals surface area (Å²) in [7, 11) is 0. The Morgan fingerprint density at radius 2 is 2.27 bits per heavy atom. The fraction of sp³-hybridized carbons (Fsp3) is 0.600. The number of thiophene rings is 1. The first-order chi connectivity index (χ1) is 6.95. The van der Waals surface area contributed by atoms with Gasteiger partial charge in [0.15, 0.2) is 0 Å². The van der Waals surface area contributed by atoms with E-state index >= 15 is 0 Å². The van der Waals surface area contributed by atoms with Gasteiger partial charge in [0, 0.05) is 22.8 Å². The van der Waals surface area contributed by atoms with E-state index in [1.165, 1.54) is 0 Å². The maximum atomic E-state index is 11.9. The molecule has 1 heterocycles. The molecule has 3 N–H and O–H groups in total. The molecule has 0 saturated heterocycles. The van der Waals surface area contributed by atoms with Crippen LogP contribution in [-0.2, 0) is 11.4 Å². The minimum Gasteiger partial charge on any atom is -0.598 e. The monoisotopic (exact) mass is 246 g/mol. The molecule has 0 bridgehead atoms. The largest absolute Gasteiger partial charge is 0.598 e. The standard InChI is InChI=1S/C10H18N2OS2/c1-10(2,3)15(13)12-8(7-11)9-5-4-6-14-9/h4-6,8,12H,7,11H2,1-3H3/t8-,15+/m1/s1. The molecule has 1 rings (SSSR count). The molecule has 0 spiro atoms. The smallest absolute Gasteiger partial charge is 0.136 e. The van der Waals surface area contributed by atoms with Crippen LogP contribution in [0, 0.1) is 0 Å². The fourth-order valence-electron chi connectivity index (χ4n) is 1.02. The summed E-state index contributed by atoms with van der Waals surface area (Å²) in [5.74, 6) is 0. The molecule has 0 aromatic carbocycles. The van der Waals surface area contributed by atoms with Crippen LogP contribution in [0.4, 0.5) is 0 Å². The summed E-state index contributed by atoms with van der Waals surface area (Å²) >= 11 is 0.556. The first kappa shape index (κ1) is 13.0. The van der Waals surface area contributed by atoms with Gasteiger partial charge >= 0.3 is 0 Å². The van der Waals surface area contributed by atoms with Crippen LogP contribution in [-0.4, -0.2) is 15.8 Å². The SMILES string of the molecule is CC(C)(C)[S@+]([O-])N[C@H](CN)c1cccs1. The Morgan fingerprint density at radius 1 is 1.60 bits per heavy atom. The molecule has 1 aromatic rings. The number of nitrogens with two attached hydrogens (primary N) is 1. The van der Waals surface area contributed by atoms with E-state index in [4.69, 9.17) is 5.73 Å². The molecular formula is C10H18N2OS2. The molecule has 2 atom stereocenters. The highest BCUT2D eigenvalue weighted by molar-refractivity contribution is 7.90. The highest BCUT2D eigenvalue weighted by Gasteiger charge is 2.29. The lowest BCUT2D eigenvalue weighted by Gasteiger charge is -2.26. The van der Waals surface area contributed by atoms with E-state index in [1.54, 1.807) is 11.3 Å². The molecule has 0 aliphatic heterocycles. The van der Waals surface area contributed by atoms with Gasteiger partial charge in [0.25, 0.3) is 0 Å². The van der Waals surface area contributed by atoms with E-state index in [1.807, 2.05) is 38.3 Å². The Kier molecular flexibility index (Phi) is 4.61. The third-order valence-electron chi connectivity index (χ3n) is 1.93. The molecule has 0 saturated carbocycles. The van der Waals surface area contributed by atoms with Gasteiger partial charge in [-0.25, -0.2) is 0 Å². The maximum Gasteiger partial charge on any atom is 0.136 e. The molecule has 0 aliphatic rings. The van der Waals surface area contributed by atoms with Crippen LogP contribution in [0.25, 0.3) is 0 Å². The lowest BCUT2D eigenvalue weighted by atomic mass is 10.2. The van der Waals surface area contributed by atoms with Gasteiger partial charge in [-0.1, -0.05) is 6.07 Å². The summed E-state index contributed by atoms with van der Waals surface area (Å²) in [6.07, 6.45) is 0. The molecule has 0 fully saturated rings. The molecular weight excluding hydrogens is 228 g/mol. The second-order valence-electron chi connectivity index (χ2n) is 4.30. The molecule has 0 unspecified atom stereocenters. The highest BCUT2D eigenvalue weighted by Crippen LogP contribution is 2.22. The molecule has 1 aromatic heterocycles. The molecule has 0 aliphatic carbocycles. The van der Waals surface area contributed by atoms with E-state index in [0.717, 1.165) is 4.88 Å². The van der Waals surface area contributed by atoms with Crippen molar-refractivity contribution in [2.75, 3.05) is 6.54 Å². The van der Waals surface area contributed by atoms with Crippen molar-refractivity contribution in [1.29, 1.82) is 0 Å². The van der Waals surface area contributed by atoms with Crippen molar-refractivity contribution in [3.63, 3.8) is 0 Å². The zero-order chi connectivity index (χ0) is 11.5. The van der Waals surface area contributed by atoms with Crippen LogP contribution in [0.2, 0.25) is 0 Å². The number of hydrogen-bond donors (Lipinski definition) is 2. The second kappa shape index (κ2) is 5.32. The predicted octanol–water partition coefficient (Wildman–Crippen LogP) is 1.80. The molecule has 0 amide bonds. The lowest BCUT2D eigenvalue weighted by Crippen LogP contribution is -2.43. The van der Waals surface area contributed by atoms with Gasteiger partial charge in [0.2, 0.25) is 0 Å². The first-order valence-corrected chi connectivity index (χ1v) is 6.89. The van der Waals surface area contributed by atoms with Crippen LogP contribution in [0.15, 0.2) is 17.5 Å². The van der Waals surface area contributed by atoms with Crippen LogP contribution in [0.5, 0.6) is 0 Å². The Hall–Kier alpha value is -0.0700. The van der Waals surface area contributed by atoms with Crippen LogP contribution in [0.1, 0.15) is 31.7 Å². The average molecular weight is 246 g/mol. The molecule has 3 nitrogen and oxygen atoms in total. The maximum absolute atomic E-state index is 11.9. The van der Waals surface area contributed by atoms with Crippen molar-refractivity contribution in [2.45, 2.75) is 31.6 Å². The number of rotatable bonds is 4. The van der Waals surface area contributed by atoms with Crippen LogP contribution >= 0.6 is 11.3 Å². The van der Waals surface area contributed by atoms with Crippen LogP contribution < -0.4 is 10.5 Å². The molecule has 0 radical (unpaired) electrons. The average Bonchev–Trinajstić information content (AvgIpc) is 2.64. The quantitative estimate of drug-likeness (QED) is 0.796. The van der Waals surface area contributed by atoms with Gasteiger partial charge in [0.1, 0.15) is 4.75 Å². The van der Waals surface area contributed by atoms with E-state index in [2.05, 4.69) is 4.72 Å². The van der Waals surface area contributed by atoms with Crippen LogP contribution in [0.3, 0.4) is 0 Å². The van der Waals surface area contributed by atoms with E-state index in [0.29, 0.717) is 6.54 Å². The minimum absolute atomic E-state index is 0.00921. The second-order valence-corrected chi connectivity index (χ2v) is 7.28. The summed E-state index contributed by atoms with van der Waals surface area (Å²) in [5.41, 5.74) is 5.67. The van der Waals surface area contributed by atoms with E-state index in [9.17, 15) is 4.55 Å². The molecule has 5 heteroatoms. The third-order valence-corrected chi connectivity index (χ3v) is 4.52. The van der Waals surface area contributed by atoms with Crippen molar-refractivity contribution in [1.82, 2.24) is 4.72 Å². The van der Waals surface area contributed by atoms with Gasteiger partial charge in [-0.3, -0.25) is 0 Å². The Bertz CT molecular complexity index is 282. The van der Waals surface area contributed by atoms with Crippen molar-refractivity contribution in [3.05, 3.63) is 22.4 Å². The number of nitrogens with one attached hydrogen (secondary N) is 1. The molecule has 86 valence electrons. The predicted molar refractivity (Wildman–Crippen MR) is 67.1 cm³/mol. The van der Waals surface area contributed by atoms with Crippen molar-refractivity contribution >= 4 is 22.7 Å². The van der Waals surface area contributed by atoms with Gasteiger partial charge in [-0.05, 0) is 32.2 Å². The zero-order valence-corrected chi connectivity index (χ0v) is 11.0. The molecule has 15 heavy (non-hydrogen) atoms. The van der Waals surface area contributed by atoms with Gasteiger partial charge in [-0.15, -0.1) is 16.1 Å². The summed E-state index contributed by atoms with van der Waals surface area (Å²) in [6, 6.07) is 3.98.